The highest BCUT2D eigenvalue weighted by molar-refractivity contribution is 6.35. The van der Waals surface area contributed by atoms with Gasteiger partial charge in [-0.15, -0.1) is 0 Å². The van der Waals surface area contributed by atoms with Crippen LogP contribution in [0.4, 0.5) is 4.79 Å². The number of rotatable bonds is 3. The number of benzene rings is 2. The SMILES string of the molecule is COC(=O)N[C@@H](C)c1nc2cccc(Cl)c2n1-c1ccccc1. The third kappa shape index (κ3) is 2.87. The molecule has 0 aliphatic heterocycles. The predicted octanol–water partition coefficient (Wildman–Crippen LogP) is 4.10. The van der Waals surface area contributed by atoms with Gasteiger partial charge in [-0.25, -0.2) is 9.78 Å². The van der Waals surface area contributed by atoms with E-state index < -0.39 is 6.09 Å². The number of methoxy groups -OCH3 is 1. The van der Waals surface area contributed by atoms with Gasteiger partial charge in [-0.05, 0) is 31.2 Å². The van der Waals surface area contributed by atoms with Crippen molar-refractivity contribution in [2.24, 2.45) is 0 Å². The highest BCUT2D eigenvalue weighted by Crippen LogP contribution is 2.30. The number of carbonyl (C=O) groups excluding carboxylic acids is 1. The van der Waals surface area contributed by atoms with Gasteiger partial charge in [-0.2, -0.15) is 0 Å². The zero-order chi connectivity index (χ0) is 16.4. The van der Waals surface area contributed by atoms with E-state index in [-0.39, 0.29) is 6.04 Å². The molecule has 0 radical (unpaired) electrons. The van der Waals surface area contributed by atoms with Gasteiger partial charge in [-0.3, -0.25) is 4.57 Å². The van der Waals surface area contributed by atoms with Crippen LogP contribution in [0.5, 0.6) is 0 Å². The van der Waals surface area contributed by atoms with E-state index >= 15 is 0 Å². The summed E-state index contributed by atoms with van der Waals surface area (Å²) in [4.78, 5) is 16.2. The third-order valence-corrected chi connectivity index (χ3v) is 3.88. The minimum absolute atomic E-state index is 0.342. The fraction of sp³-hybridized carbons (Fsp3) is 0.176. The Balaban J connectivity index is 2.21. The molecule has 0 aliphatic carbocycles. The van der Waals surface area contributed by atoms with E-state index in [2.05, 4.69) is 15.0 Å². The van der Waals surface area contributed by atoms with E-state index in [1.54, 1.807) is 0 Å². The third-order valence-electron chi connectivity index (χ3n) is 3.57. The smallest absolute Gasteiger partial charge is 0.407 e. The zero-order valence-corrected chi connectivity index (χ0v) is 13.5. The van der Waals surface area contributed by atoms with Crippen molar-refractivity contribution in [3.05, 3.63) is 59.4 Å². The van der Waals surface area contributed by atoms with Gasteiger partial charge in [0.2, 0.25) is 0 Å². The summed E-state index contributed by atoms with van der Waals surface area (Å²) in [6, 6.07) is 15.0. The average Bonchev–Trinajstić information content (AvgIpc) is 2.96. The number of nitrogens with one attached hydrogen (secondary N) is 1. The molecule has 3 aromatic rings. The Morgan fingerprint density at radius 3 is 2.65 bits per heavy atom. The monoisotopic (exact) mass is 329 g/mol. The molecule has 0 bridgehead atoms. The van der Waals surface area contributed by atoms with Crippen LogP contribution in [-0.2, 0) is 4.74 Å². The second-order valence-corrected chi connectivity index (χ2v) is 5.51. The lowest BCUT2D eigenvalue weighted by atomic mass is 10.2. The largest absolute Gasteiger partial charge is 0.453 e. The van der Waals surface area contributed by atoms with E-state index in [1.807, 2.05) is 60.0 Å². The lowest BCUT2D eigenvalue weighted by Gasteiger charge is -2.16. The summed E-state index contributed by atoms with van der Waals surface area (Å²) in [5.74, 6) is 0.685. The first-order valence-corrected chi connectivity index (χ1v) is 7.56. The van der Waals surface area contributed by atoms with Crippen molar-refractivity contribution in [1.29, 1.82) is 0 Å². The van der Waals surface area contributed by atoms with Gasteiger partial charge in [0.25, 0.3) is 0 Å². The average molecular weight is 330 g/mol. The molecule has 1 amide bonds. The van der Waals surface area contributed by atoms with Crippen molar-refractivity contribution in [1.82, 2.24) is 14.9 Å². The molecular weight excluding hydrogens is 314 g/mol. The van der Waals surface area contributed by atoms with Gasteiger partial charge in [-0.1, -0.05) is 35.9 Å². The minimum atomic E-state index is -0.504. The first kappa shape index (κ1) is 15.4. The molecule has 118 valence electrons. The molecule has 0 spiro atoms. The van der Waals surface area contributed by atoms with Crippen molar-refractivity contribution in [3.8, 4) is 5.69 Å². The number of ether oxygens (including phenoxy) is 1. The maximum absolute atomic E-state index is 11.5. The molecule has 0 aliphatic rings. The number of hydrogen-bond acceptors (Lipinski definition) is 3. The molecule has 0 fully saturated rings. The molecule has 5 nitrogen and oxygen atoms in total. The maximum Gasteiger partial charge on any atom is 0.407 e. The quantitative estimate of drug-likeness (QED) is 0.787. The topological polar surface area (TPSA) is 56.1 Å². The van der Waals surface area contributed by atoms with Crippen LogP contribution < -0.4 is 5.32 Å². The molecule has 0 unspecified atom stereocenters. The Bertz CT molecular complexity index is 846. The van der Waals surface area contributed by atoms with Crippen LogP contribution in [0.2, 0.25) is 5.02 Å². The van der Waals surface area contributed by atoms with E-state index in [9.17, 15) is 4.79 Å². The van der Waals surface area contributed by atoms with Gasteiger partial charge in [0.05, 0.1) is 29.2 Å². The number of carbonyl (C=O) groups is 1. The van der Waals surface area contributed by atoms with E-state index in [0.29, 0.717) is 10.8 Å². The number of alkyl carbamates (subject to hydrolysis) is 1. The summed E-state index contributed by atoms with van der Waals surface area (Å²) >= 11 is 6.39. The number of fused-ring (bicyclic) bond motifs is 1. The summed E-state index contributed by atoms with van der Waals surface area (Å²) in [7, 11) is 1.33. The maximum atomic E-state index is 11.5. The molecule has 1 atom stereocenters. The molecule has 0 saturated heterocycles. The predicted molar refractivity (Wildman–Crippen MR) is 90.0 cm³/mol. The van der Waals surface area contributed by atoms with Crippen LogP contribution >= 0.6 is 11.6 Å². The first-order valence-electron chi connectivity index (χ1n) is 7.18. The van der Waals surface area contributed by atoms with Crippen molar-refractivity contribution < 1.29 is 9.53 Å². The van der Waals surface area contributed by atoms with Crippen LogP contribution in [0.15, 0.2) is 48.5 Å². The highest BCUT2D eigenvalue weighted by Gasteiger charge is 2.21. The first-order chi connectivity index (χ1) is 11.1. The summed E-state index contributed by atoms with van der Waals surface area (Å²) in [5, 5.41) is 3.36. The summed E-state index contributed by atoms with van der Waals surface area (Å²) in [6.45, 7) is 1.85. The van der Waals surface area contributed by atoms with Gasteiger partial charge >= 0.3 is 6.09 Å². The van der Waals surface area contributed by atoms with Crippen LogP contribution in [-0.4, -0.2) is 22.8 Å². The van der Waals surface area contributed by atoms with E-state index in [0.717, 1.165) is 16.7 Å². The standard InChI is InChI=1S/C17H16ClN3O2/c1-11(19-17(22)23-2)16-20-14-10-6-9-13(18)15(14)21(16)12-7-4-3-5-8-12/h3-11H,1-2H3,(H,19,22)/t11-/m0/s1. The van der Waals surface area contributed by atoms with E-state index in [1.165, 1.54) is 7.11 Å². The molecular formula is C17H16ClN3O2. The molecule has 1 aromatic heterocycles. The number of nitrogens with zero attached hydrogens (tertiary/aromatic N) is 2. The second kappa shape index (κ2) is 6.30. The molecule has 2 aromatic carbocycles. The lowest BCUT2D eigenvalue weighted by molar-refractivity contribution is 0.167. The Labute approximate surface area is 138 Å². The van der Waals surface area contributed by atoms with Crippen LogP contribution in [0.3, 0.4) is 0 Å². The number of hydrogen-bond donors (Lipinski definition) is 1. The fourth-order valence-electron chi connectivity index (χ4n) is 2.53. The molecule has 1 heterocycles. The number of imidazole rings is 1. The highest BCUT2D eigenvalue weighted by atomic mass is 35.5. The minimum Gasteiger partial charge on any atom is -0.453 e. The van der Waals surface area contributed by atoms with Crippen LogP contribution in [0, 0.1) is 0 Å². The molecule has 6 heteroatoms. The van der Waals surface area contributed by atoms with Gasteiger partial charge < -0.3 is 10.1 Å². The Hall–Kier alpha value is -2.53. The number of para-hydroxylation sites is 2. The Morgan fingerprint density at radius 2 is 1.96 bits per heavy atom. The van der Waals surface area contributed by atoms with Gasteiger partial charge in [0.1, 0.15) is 5.82 Å². The van der Waals surface area contributed by atoms with Crippen LogP contribution in [0.25, 0.3) is 16.7 Å². The second-order valence-electron chi connectivity index (χ2n) is 5.11. The van der Waals surface area contributed by atoms with Crippen molar-refractivity contribution in [3.63, 3.8) is 0 Å². The lowest BCUT2D eigenvalue weighted by Crippen LogP contribution is -2.28. The van der Waals surface area contributed by atoms with Gasteiger partial charge in [0, 0.05) is 5.69 Å². The fourth-order valence-corrected chi connectivity index (χ4v) is 2.79. The number of aromatic nitrogens is 2. The molecule has 1 N–H and O–H groups in total. The summed E-state index contributed by atoms with van der Waals surface area (Å²) in [5.41, 5.74) is 2.51. The summed E-state index contributed by atoms with van der Waals surface area (Å²) in [6.07, 6.45) is -0.504. The van der Waals surface area contributed by atoms with Crippen LogP contribution in [0.1, 0.15) is 18.8 Å². The number of amides is 1. The van der Waals surface area contributed by atoms with Crippen molar-refractivity contribution in [2.75, 3.05) is 7.11 Å². The molecule has 23 heavy (non-hydrogen) atoms. The van der Waals surface area contributed by atoms with Crippen molar-refractivity contribution in [2.45, 2.75) is 13.0 Å². The van der Waals surface area contributed by atoms with Crippen molar-refractivity contribution >= 4 is 28.7 Å². The number of halogens is 1. The normalized spacial score (nSPS) is 12.1. The zero-order valence-electron chi connectivity index (χ0n) is 12.8. The molecule has 3 rings (SSSR count). The Morgan fingerprint density at radius 1 is 1.22 bits per heavy atom. The van der Waals surface area contributed by atoms with E-state index in [4.69, 9.17) is 11.6 Å². The Kier molecular flexibility index (Phi) is 4.21. The molecule has 0 saturated carbocycles. The van der Waals surface area contributed by atoms with Gasteiger partial charge in [0.15, 0.2) is 0 Å². The summed E-state index contributed by atoms with van der Waals surface area (Å²) < 4.78 is 6.63.